The topological polar surface area (TPSA) is 256 Å². The molecule has 8 rings (SSSR count). The highest BCUT2D eigenvalue weighted by atomic mass is 128. The lowest BCUT2D eigenvalue weighted by Crippen LogP contribution is -2.05. The lowest BCUT2D eigenvalue weighted by molar-refractivity contribution is -0.112. The number of allylic oxidation sites excluding steroid dienone is 27. The van der Waals surface area contributed by atoms with Gasteiger partial charge in [-0.3, -0.25) is 14.4 Å². The molecule has 0 aliphatic carbocycles. The number of carbonyl (C=O) groups is 3. The van der Waals surface area contributed by atoms with E-state index in [2.05, 4.69) is 84.8 Å². The van der Waals surface area contributed by atoms with Gasteiger partial charge in [0.1, 0.15) is 14.7 Å². The summed E-state index contributed by atoms with van der Waals surface area (Å²) in [5.74, 6) is -1.42. The van der Waals surface area contributed by atoms with Crippen molar-refractivity contribution in [3.63, 3.8) is 0 Å². The van der Waals surface area contributed by atoms with Crippen molar-refractivity contribution in [2.75, 3.05) is 0 Å². The Morgan fingerprint density at radius 3 is 1.01 bits per heavy atom. The molecule has 0 fully saturated rings. The van der Waals surface area contributed by atoms with E-state index in [1.165, 1.54) is 111 Å². The first-order valence-electron chi connectivity index (χ1n) is 28.5. The smallest absolute Gasteiger partial charge is 0.211 e. The van der Waals surface area contributed by atoms with Crippen LogP contribution in [0.5, 0.6) is 0 Å². The lowest BCUT2D eigenvalue weighted by atomic mass is 9.91. The quantitative estimate of drug-likeness (QED) is 0.0979. The Morgan fingerprint density at radius 2 is 0.655 bits per heavy atom. The zero-order valence-electron chi connectivity index (χ0n) is 55.6. The van der Waals surface area contributed by atoms with Crippen LogP contribution in [0.2, 0.25) is 0 Å². The molecule has 2 aromatic carbocycles. The summed E-state index contributed by atoms with van der Waals surface area (Å²) in [7, 11) is -21.4. The van der Waals surface area contributed by atoms with Crippen LogP contribution in [0.1, 0.15) is 256 Å². The highest BCUT2D eigenvalue weighted by Gasteiger charge is 2.43. The van der Waals surface area contributed by atoms with Crippen molar-refractivity contribution in [3.8, 4) is 0 Å². The number of hydrogen-bond acceptors (Lipinski definition) is 15. The molecule has 0 amide bonds. The Kier molecular flexibility index (Phi) is 70.1. The number of carbonyl (C=O) groups excluding carboxylic acids is 3. The van der Waals surface area contributed by atoms with Crippen molar-refractivity contribution < 1.29 is 64.9 Å². The second-order valence-corrected chi connectivity index (χ2v) is 33.4. The molecule has 0 saturated carbocycles. The summed E-state index contributed by atoms with van der Waals surface area (Å²) >= 11 is 4.24. The zero-order chi connectivity index (χ0) is 72.6. The Hall–Kier alpha value is -7.13. The van der Waals surface area contributed by atoms with Crippen LogP contribution < -0.4 is 0 Å². The van der Waals surface area contributed by atoms with Crippen molar-refractivity contribution in [1.82, 2.24) is 0 Å². The Labute approximate surface area is 716 Å². The minimum Gasteiger partial charge on any atom is -0.288 e. The van der Waals surface area contributed by atoms with Gasteiger partial charge in [0.05, 0.1) is 29.4 Å². The second kappa shape index (κ2) is 56.2. The highest BCUT2D eigenvalue weighted by molar-refractivity contribution is 15.0. The van der Waals surface area contributed by atoms with E-state index in [4.69, 9.17) is 0 Å². The van der Waals surface area contributed by atoms with E-state index in [0.717, 1.165) is 61.1 Å². The molecule has 0 atom stereocenters. The fourth-order valence-electron chi connectivity index (χ4n) is 10.3. The van der Waals surface area contributed by atoms with Crippen LogP contribution in [0.15, 0.2) is 232 Å². The molecular weight excluding hydrogens is 1770 g/mol. The van der Waals surface area contributed by atoms with Crippen molar-refractivity contribution in [2.24, 2.45) is 0 Å². The Bertz CT molecular complexity index is 5310. The average molecular weight is 1910 g/mol. The Morgan fingerprint density at radius 1 is 0.310 bits per heavy atom. The molecule has 0 N–H and O–H groups in total. The average Bonchev–Trinajstić information content (AvgIpc) is 1.57. The molecule has 23 heteroatoms. The summed E-state index contributed by atoms with van der Waals surface area (Å²) < 4.78 is 147. The summed E-state index contributed by atoms with van der Waals surface area (Å²) in [6, 6.07) is 0. The first-order chi connectivity index (χ1) is 44.0. The number of fused-ring (bicyclic) bond motifs is 2. The van der Waals surface area contributed by atoms with Gasteiger partial charge in [0, 0.05) is 93.5 Å². The largest absolute Gasteiger partial charge is 0.288 e. The van der Waals surface area contributed by atoms with Gasteiger partial charge >= 0.3 is 0 Å². The molecule has 6 heterocycles. The van der Waals surface area contributed by atoms with Crippen molar-refractivity contribution in [2.45, 2.75) is 261 Å². The SMILES string of the molecule is C.C.C.C.C.C.C.C.C.C.C.C.C.C.C.C.C.C.C=C=C=CC1=C(C)c2c(C)c(C)c(C)c(C)c2S1(=O)=O.C=CC=CC=C1C(=O)c2c(C)c(C)c(C)c(C)c2S1(=O)=O.CC1=C(C)S(=O)(=O)C(=CC=CC=C=C=CC2=C(C)C(C)=C(C)S2(=O)=O)C1=O.CC1=CS(=O)(=O)C(=CC=CC=C=C=CC2=C(C)C(C)=CS2(=O)=O)C1=O.II. The zero-order valence-corrected chi connectivity index (χ0v) is 64.8. The minimum atomic E-state index is -3.74. The summed E-state index contributed by atoms with van der Waals surface area (Å²) in [4.78, 5) is 37.2. The van der Waals surface area contributed by atoms with Crippen LogP contribution in [0.25, 0.3) is 5.57 Å². The van der Waals surface area contributed by atoms with E-state index in [9.17, 15) is 64.9 Å². The number of Topliss-reactive ketones (excluding diaryl/α,β-unsaturated/α-hetero) is 3. The molecule has 0 radical (unpaired) electrons. The van der Waals surface area contributed by atoms with E-state index in [0.29, 0.717) is 42.6 Å². The molecule has 0 aromatic heterocycles. The number of halogens is 2. The highest BCUT2D eigenvalue weighted by Crippen LogP contribution is 2.46. The van der Waals surface area contributed by atoms with Crippen LogP contribution in [0.4, 0.5) is 0 Å². The summed E-state index contributed by atoms with van der Waals surface area (Å²) in [5, 5.41) is 2.16. The van der Waals surface area contributed by atoms with Gasteiger partial charge in [0.15, 0.2) is 0 Å². The molecule has 0 bridgehead atoms. The standard InChI is InChI=1S/C20H20O5S2.C18H16O5S2.C17H18O3S.C17H18O2S.18CH4.I2/c1-13-14(2)18(26(22,23)16(13)4)11-9-7-6-8-10-12-19-20(21)15(3)17(5)27(19,24)25;1-13-11-24(20,21)16(15(13)3)9-7-5-4-6-8-10-17-18(19)14(2)12-25(17,22)23;1-6-7-8-9-14-16(18)15-12(4)10(2)11(3)13(5)17(15)21(14,19)20;1-7-8-9-15-14(6)16-12(4)10(2)11(3)13(5)17(16)20(15,18)19;;;;;;;;;;;;;;;;;;;1-2/h6,8,10-12H,1-5H3;4,6,8-12H,1-3H3;6-9H,1H2,2-5H3;9H,1H2,2-6H3;18*1H4;. The minimum absolute atomic E-state index is 0. The molecule has 0 saturated heterocycles. The second-order valence-electron chi connectivity index (χ2n) is 22.1. The third kappa shape index (κ3) is 28.9. The number of benzene rings is 2. The van der Waals surface area contributed by atoms with Crippen LogP contribution >= 0.6 is 37.2 Å². The summed E-state index contributed by atoms with van der Waals surface area (Å²) in [5.41, 5.74) is 28.3. The third-order valence-corrected chi connectivity index (χ3v) is 28.2. The van der Waals surface area contributed by atoms with E-state index < -0.39 is 76.4 Å². The van der Waals surface area contributed by atoms with Crippen LogP contribution in [0, 0.1) is 55.4 Å². The molecule has 15 nitrogen and oxygen atoms in total. The fourth-order valence-corrected chi connectivity index (χ4v) is 20.3. The number of hydrogen-bond donors (Lipinski definition) is 0. The molecule has 0 spiro atoms. The normalized spacial score (nSPS) is 16.7. The monoisotopic (exact) mass is 1910 g/mol. The molecule has 6 aliphatic heterocycles. The van der Waals surface area contributed by atoms with Crippen LogP contribution in [-0.2, 0) is 68.6 Å². The molecule has 0 unspecified atom stereocenters. The molecule has 644 valence electrons. The van der Waals surface area contributed by atoms with Gasteiger partial charge in [0.25, 0.3) is 0 Å². The van der Waals surface area contributed by atoms with Crippen molar-refractivity contribution in [1.29, 1.82) is 0 Å². The maximum Gasteiger partial charge on any atom is 0.211 e. The van der Waals surface area contributed by atoms with Crippen LogP contribution in [-0.4, -0.2) is 67.9 Å². The number of sulfone groups is 6. The third-order valence-electron chi connectivity index (χ3n) is 16.8. The lowest BCUT2D eigenvalue weighted by Gasteiger charge is -2.15. The van der Waals surface area contributed by atoms with Crippen molar-refractivity contribution in [3.05, 3.63) is 278 Å². The maximum absolute atomic E-state index is 12.8. The predicted octanol–water partition coefficient (Wildman–Crippen LogP) is 27.1. The Balaban J connectivity index is -0.0000000825. The van der Waals surface area contributed by atoms with Gasteiger partial charge in [-0.05, 0) is 227 Å². The molecule has 2 aromatic rings. The number of rotatable bonds is 9. The molecular formula is C90H144I2O15S6. The predicted molar refractivity (Wildman–Crippen MR) is 518 cm³/mol. The van der Waals surface area contributed by atoms with Gasteiger partial charge in [-0.1, -0.05) is 217 Å². The van der Waals surface area contributed by atoms with E-state index in [1.807, 2.05) is 48.5 Å². The summed E-state index contributed by atoms with van der Waals surface area (Å²) in [6.07, 6.45) is 21.2. The van der Waals surface area contributed by atoms with Crippen LogP contribution in [0.3, 0.4) is 0 Å². The fraction of sp³-hybridized carbons (Fsp3) is 0.389. The van der Waals surface area contributed by atoms with Crippen molar-refractivity contribution >= 4 is 119 Å². The first-order valence-corrected chi connectivity index (χ1v) is 43.8. The van der Waals surface area contributed by atoms with E-state index >= 15 is 0 Å². The van der Waals surface area contributed by atoms with E-state index in [1.54, 1.807) is 54.5 Å². The summed E-state index contributed by atoms with van der Waals surface area (Å²) in [6.45, 7) is 36.9. The van der Waals surface area contributed by atoms with Gasteiger partial charge in [0.2, 0.25) is 76.4 Å². The maximum atomic E-state index is 12.8. The van der Waals surface area contributed by atoms with Gasteiger partial charge in [-0.15, -0.1) is 0 Å². The molecule has 113 heavy (non-hydrogen) atoms. The first kappa shape index (κ1) is 141. The van der Waals surface area contributed by atoms with E-state index in [-0.39, 0.29) is 179 Å². The van der Waals surface area contributed by atoms with Gasteiger partial charge in [-0.25, -0.2) is 50.5 Å². The number of ketones is 3. The molecule has 6 aliphatic rings. The van der Waals surface area contributed by atoms with Gasteiger partial charge in [-0.2, -0.15) is 0 Å². The van der Waals surface area contributed by atoms with Gasteiger partial charge < -0.3 is 0 Å².